The number of aliphatic hydroxyl groups is 1. The first kappa shape index (κ1) is 11.9. The molecule has 3 N–H and O–H groups in total. The first-order valence-corrected chi connectivity index (χ1v) is 6.37. The van der Waals surface area contributed by atoms with E-state index in [-0.39, 0.29) is 18.1 Å². The van der Waals surface area contributed by atoms with Gasteiger partial charge < -0.3 is 15.7 Å². The van der Waals surface area contributed by atoms with Crippen LogP contribution in [-0.4, -0.2) is 35.7 Å². The summed E-state index contributed by atoms with van der Waals surface area (Å²) in [6.07, 6.45) is 4.82. The number of hydrogen-bond acceptors (Lipinski definition) is 3. The number of β-amino-alcohol motifs (C(OH)–C–C–N with tert-alkyl or cyclic N) is 1. The Bertz CT molecular complexity index is 249. The molecule has 1 saturated heterocycles. The van der Waals surface area contributed by atoms with Gasteiger partial charge in [0, 0.05) is 12.6 Å². The molecular weight excluding hydrogens is 204 g/mol. The fourth-order valence-corrected chi connectivity index (χ4v) is 2.62. The molecule has 16 heavy (non-hydrogen) atoms. The highest BCUT2D eigenvalue weighted by atomic mass is 16.3. The Kier molecular flexibility index (Phi) is 3.82. The maximum absolute atomic E-state index is 11.9. The summed E-state index contributed by atoms with van der Waals surface area (Å²) in [5.41, 5.74) is 0. The number of rotatable bonds is 2. The van der Waals surface area contributed by atoms with Crippen molar-refractivity contribution < 1.29 is 9.90 Å². The van der Waals surface area contributed by atoms with Crippen molar-refractivity contribution in [1.29, 1.82) is 0 Å². The van der Waals surface area contributed by atoms with Crippen molar-refractivity contribution in [1.82, 2.24) is 10.6 Å². The summed E-state index contributed by atoms with van der Waals surface area (Å²) in [7, 11) is 0. The monoisotopic (exact) mass is 226 g/mol. The second-order valence-electron chi connectivity index (χ2n) is 5.32. The zero-order valence-corrected chi connectivity index (χ0v) is 9.91. The normalized spacial score (nSPS) is 39.6. The molecule has 2 unspecified atom stereocenters. The third-order valence-corrected chi connectivity index (χ3v) is 3.79. The number of aliphatic hydroxyl groups excluding tert-OH is 1. The average molecular weight is 226 g/mol. The predicted molar refractivity (Wildman–Crippen MR) is 62.0 cm³/mol. The lowest BCUT2D eigenvalue weighted by Gasteiger charge is -2.27. The molecule has 92 valence electrons. The van der Waals surface area contributed by atoms with Crippen molar-refractivity contribution in [2.75, 3.05) is 6.54 Å². The van der Waals surface area contributed by atoms with Crippen molar-refractivity contribution in [3.05, 3.63) is 0 Å². The molecule has 2 atom stereocenters. The van der Waals surface area contributed by atoms with E-state index < -0.39 is 0 Å². The SMILES string of the molecule is CC1CCC(NC(=O)C2CC(O)CN2)CC1. The fraction of sp³-hybridized carbons (Fsp3) is 0.917. The lowest BCUT2D eigenvalue weighted by atomic mass is 9.87. The van der Waals surface area contributed by atoms with Crippen molar-refractivity contribution >= 4 is 5.91 Å². The fourth-order valence-electron chi connectivity index (χ4n) is 2.62. The van der Waals surface area contributed by atoms with E-state index in [0.29, 0.717) is 19.0 Å². The maximum atomic E-state index is 11.9. The van der Waals surface area contributed by atoms with Crippen LogP contribution in [-0.2, 0) is 4.79 Å². The zero-order chi connectivity index (χ0) is 11.5. The van der Waals surface area contributed by atoms with Crippen LogP contribution in [0.25, 0.3) is 0 Å². The Hall–Kier alpha value is -0.610. The van der Waals surface area contributed by atoms with Crippen molar-refractivity contribution in [3.63, 3.8) is 0 Å². The van der Waals surface area contributed by atoms with E-state index in [2.05, 4.69) is 17.6 Å². The van der Waals surface area contributed by atoms with Gasteiger partial charge in [0.15, 0.2) is 0 Å². The van der Waals surface area contributed by atoms with E-state index in [1.54, 1.807) is 0 Å². The van der Waals surface area contributed by atoms with Crippen molar-refractivity contribution in [2.45, 2.75) is 57.2 Å². The lowest BCUT2D eigenvalue weighted by Crippen LogP contribution is -2.46. The smallest absolute Gasteiger partial charge is 0.237 e. The molecule has 1 aliphatic carbocycles. The van der Waals surface area contributed by atoms with Crippen LogP contribution in [0.4, 0.5) is 0 Å². The Labute approximate surface area is 96.8 Å². The molecule has 2 aliphatic rings. The highest BCUT2D eigenvalue weighted by Gasteiger charge is 2.29. The Morgan fingerprint density at radius 2 is 2.00 bits per heavy atom. The molecule has 0 aromatic carbocycles. The number of hydrogen-bond donors (Lipinski definition) is 3. The van der Waals surface area contributed by atoms with Gasteiger partial charge >= 0.3 is 0 Å². The van der Waals surface area contributed by atoms with Crippen LogP contribution < -0.4 is 10.6 Å². The Morgan fingerprint density at radius 3 is 2.56 bits per heavy atom. The summed E-state index contributed by atoms with van der Waals surface area (Å²) in [6.45, 7) is 2.81. The summed E-state index contributed by atoms with van der Waals surface area (Å²) in [5.74, 6) is 0.871. The Balaban J connectivity index is 1.75. The summed E-state index contributed by atoms with van der Waals surface area (Å²) in [5, 5.41) is 15.5. The summed E-state index contributed by atoms with van der Waals surface area (Å²) < 4.78 is 0. The molecule has 4 nitrogen and oxygen atoms in total. The third-order valence-electron chi connectivity index (χ3n) is 3.79. The quantitative estimate of drug-likeness (QED) is 0.639. The minimum atomic E-state index is -0.359. The molecule has 1 heterocycles. The molecule has 0 radical (unpaired) electrons. The topological polar surface area (TPSA) is 61.4 Å². The van der Waals surface area contributed by atoms with Crippen molar-refractivity contribution in [3.8, 4) is 0 Å². The van der Waals surface area contributed by atoms with Gasteiger partial charge in [-0.3, -0.25) is 4.79 Å². The molecule has 2 rings (SSSR count). The summed E-state index contributed by atoms with van der Waals surface area (Å²) >= 11 is 0. The molecule has 0 bridgehead atoms. The lowest BCUT2D eigenvalue weighted by molar-refractivity contribution is -0.123. The van der Waals surface area contributed by atoms with Crippen LogP contribution in [0.15, 0.2) is 0 Å². The number of carbonyl (C=O) groups excluding carboxylic acids is 1. The summed E-state index contributed by atoms with van der Waals surface area (Å²) in [6, 6.07) is 0.164. The van der Waals surface area contributed by atoms with E-state index in [9.17, 15) is 9.90 Å². The van der Waals surface area contributed by atoms with E-state index in [4.69, 9.17) is 0 Å². The van der Waals surface area contributed by atoms with Gasteiger partial charge in [-0.25, -0.2) is 0 Å². The molecule has 1 amide bonds. The first-order chi connectivity index (χ1) is 7.65. The average Bonchev–Trinajstić information content (AvgIpc) is 2.68. The minimum absolute atomic E-state index is 0.0658. The first-order valence-electron chi connectivity index (χ1n) is 6.37. The van der Waals surface area contributed by atoms with Gasteiger partial charge in [-0.2, -0.15) is 0 Å². The molecular formula is C12H22N2O2. The van der Waals surface area contributed by atoms with Gasteiger partial charge in [0.05, 0.1) is 12.1 Å². The molecule has 0 spiro atoms. The maximum Gasteiger partial charge on any atom is 0.237 e. The van der Waals surface area contributed by atoms with Gasteiger partial charge in [-0.15, -0.1) is 0 Å². The van der Waals surface area contributed by atoms with E-state index in [0.717, 1.165) is 18.8 Å². The number of nitrogens with one attached hydrogen (secondary N) is 2. The molecule has 4 heteroatoms. The zero-order valence-electron chi connectivity index (χ0n) is 9.91. The minimum Gasteiger partial charge on any atom is -0.392 e. The highest BCUT2D eigenvalue weighted by Crippen LogP contribution is 2.23. The second-order valence-corrected chi connectivity index (χ2v) is 5.32. The van der Waals surface area contributed by atoms with Crippen LogP contribution in [0.5, 0.6) is 0 Å². The van der Waals surface area contributed by atoms with E-state index >= 15 is 0 Å². The number of carbonyl (C=O) groups is 1. The van der Waals surface area contributed by atoms with Gasteiger partial charge in [-0.1, -0.05) is 6.92 Å². The van der Waals surface area contributed by atoms with Crippen LogP contribution >= 0.6 is 0 Å². The van der Waals surface area contributed by atoms with Crippen molar-refractivity contribution in [2.24, 2.45) is 5.92 Å². The van der Waals surface area contributed by atoms with E-state index in [1.807, 2.05) is 0 Å². The van der Waals surface area contributed by atoms with Crippen LogP contribution in [0, 0.1) is 5.92 Å². The van der Waals surface area contributed by atoms with Gasteiger partial charge in [0.25, 0.3) is 0 Å². The van der Waals surface area contributed by atoms with E-state index in [1.165, 1.54) is 12.8 Å². The van der Waals surface area contributed by atoms with Crippen LogP contribution in [0.1, 0.15) is 39.0 Å². The second kappa shape index (κ2) is 5.15. The number of amides is 1. The van der Waals surface area contributed by atoms with Gasteiger partial charge in [0.2, 0.25) is 5.91 Å². The van der Waals surface area contributed by atoms with Gasteiger partial charge in [-0.05, 0) is 38.0 Å². The summed E-state index contributed by atoms with van der Waals surface area (Å²) in [4.78, 5) is 11.9. The predicted octanol–water partition coefficient (Wildman–Crippen LogP) is 0.404. The molecule has 0 aromatic rings. The molecule has 2 fully saturated rings. The Morgan fingerprint density at radius 1 is 1.31 bits per heavy atom. The third kappa shape index (κ3) is 2.95. The van der Waals surface area contributed by atoms with Gasteiger partial charge in [0.1, 0.15) is 0 Å². The van der Waals surface area contributed by atoms with Crippen LogP contribution in [0.2, 0.25) is 0 Å². The largest absolute Gasteiger partial charge is 0.392 e. The molecule has 0 aromatic heterocycles. The molecule has 1 aliphatic heterocycles. The molecule has 1 saturated carbocycles. The highest BCUT2D eigenvalue weighted by molar-refractivity contribution is 5.82. The standard InChI is InChI=1S/C12H22N2O2/c1-8-2-4-9(5-3-8)14-12(16)11-6-10(15)7-13-11/h8-11,13,15H,2-7H2,1H3,(H,14,16). The van der Waals surface area contributed by atoms with Crippen LogP contribution in [0.3, 0.4) is 0 Å².